The van der Waals surface area contributed by atoms with Crippen LogP contribution < -0.4 is 5.32 Å². The van der Waals surface area contributed by atoms with Crippen molar-refractivity contribution in [3.8, 4) is 0 Å². The Bertz CT molecular complexity index is 820. The van der Waals surface area contributed by atoms with Crippen molar-refractivity contribution in [2.24, 2.45) is 4.40 Å². The Morgan fingerprint density at radius 2 is 1.78 bits per heavy atom. The summed E-state index contributed by atoms with van der Waals surface area (Å²) in [6.45, 7) is 0. The molecule has 0 saturated carbocycles. The second-order valence-corrected chi connectivity index (χ2v) is 7.68. The number of amidine groups is 1. The molecule has 0 amide bonds. The van der Waals surface area contributed by atoms with Gasteiger partial charge in [-0.1, -0.05) is 42.5 Å². The number of anilines is 1. The molecule has 0 aliphatic carbocycles. The minimum Gasteiger partial charge on any atom is -0.388 e. The number of aliphatic hydroxyl groups excluding tert-OH is 1. The van der Waals surface area contributed by atoms with Crippen molar-refractivity contribution in [1.29, 1.82) is 0 Å². The van der Waals surface area contributed by atoms with E-state index in [0.717, 1.165) is 5.56 Å². The molecule has 1 aliphatic rings. The van der Waals surface area contributed by atoms with Crippen LogP contribution in [0.3, 0.4) is 0 Å². The van der Waals surface area contributed by atoms with Crippen molar-refractivity contribution in [2.45, 2.75) is 11.0 Å². The summed E-state index contributed by atoms with van der Waals surface area (Å²) in [6.07, 6.45) is -0.589. The van der Waals surface area contributed by atoms with E-state index < -0.39 is 16.1 Å². The normalized spacial score (nSPS) is 16.8. The molecule has 0 unspecified atom stereocenters. The van der Waals surface area contributed by atoms with E-state index in [4.69, 9.17) is 0 Å². The number of rotatable bonds is 5. The summed E-state index contributed by atoms with van der Waals surface area (Å²) >= 11 is 1.43. The first kappa shape index (κ1) is 16.0. The van der Waals surface area contributed by atoms with Crippen LogP contribution in [0, 0.1) is 0 Å². The fraction of sp³-hybridized carbons (Fsp3) is 0.188. The topological polar surface area (TPSA) is 78.8 Å². The van der Waals surface area contributed by atoms with E-state index in [0.29, 0.717) is 23.0 Å². The second-order valence-electron chi connectivity index (χ2n) is 5.08. The standard InChI is InChI=1S/C16H16N2O3S2/c19-14(12-6-2-1-3-7-12)10-22-11-16-17-13-8-4-5-9-15(13)23(20,21)18-16/h1-9,14,19H,10-11H2,(H,17,18)/t14-/m1/s1. The van der Waals surface area contributed by atoms with Gasteiger partial charge >= 0.3 is 0 Å². The second kappa shape index (κ2) is 6.74. The number of nitrogens with zero attached hydrogens (tertiary/aromatic N) is 1. The average Bonchev–Trinajstić information content (AvgIpc) is 2.55. The molecule has 0 bridgehead atoms. The van der Waals surface area contributed by atoms with E-state index in [-0.39, 0.29) is 4.90 Å². The SMILES string of the molecule is O=S1(=O)N=C(CSC[C@@H](O)c2ccccc2)Nc2ccccc21. The third-order valence-electron chi connectivity index (χ3n) is 3.37. The molecule has 0 spiro atoms. The predicted octanol–water partition coefficient (Wildman–Crippen LogP) is 2.67. The summed E-state index contributed by atoms with van der Waals surface area (Å²) in [5, 5.41) is 13.1. The number of fused-ring (bicyclic) bond motifs is 1. The zero-order valence-electron chi connectivity index (χ0n) is 12.2. The number of aliphatic hydroxyl groups is 1. The highest BCUT2D eigenvalue weighted by Gasteiger charge is 2.24. The van der Waals surface area contributed by atoms with E-state index in [1.807, 2.05) is 30.3 Å². The molecule has 0 saturated heterocycles. The van der Waals surface area contributed by atoms with E-state index in [1.54, 1.807) is 18.2 Å². The lowest BCUT2D eigenvalue weighted by Gasteiger charge is -2.18. The molecule has 5 nitrogen and oxygen atoms in total. The van der Waals surface area contributed by atoms with Crippen LogP contribution in [0.25, 0.3) is 0 Å². The van der Waals surface area contributed by atoms with Gasteiger partial charge in [0.05, 0.1) is 17.5 Å². The van der Waals surface area contributed by atoms with Gasteiger partial charge in [0.15, 0.2) is 0 Å². The first-order chi connectivity index (χ1) is 11.1. The van der Waals surface area contributed by atoms with Crippen molar-refractivity contribution in [1.82, 2.24) is 0 Å². The van der Waals surface area contributed by atoms with Gasteiger partial charge in [0.2, 0.25) is 0 Å². The van der Waals surface area contributed by atoms with Gasteiger partial charge in [0.1, 0.15) is 10.7 Å². The molecule has 120 valence electrons. The van der Waals surface area contributed by atoms with Gasteiger partial charge in [-0.25, -0.2) is 0 Å². The summed E-state index contributed by atoms with van der Waals surface area (Å²) in [5.41, 5.74) is 1.39. The fourth-order valence-corrected chi connectivity index (χ4v) is 4.36. The van der Waals surface area contributed by atoms with Gasteiger partial charge in [-0.3, -0.25) is 0 Å². The van der Waals surface area contributed by atoms with Crippen LogP contribution >= 0.6 is 11.8 Å². The van der Waals surface area contributed by atoms with Crippen LogP contribution in [0.4, 0.5) is 5.69 Å². The summed E-state index contributed by atoms with van der Waals surface area (Å²) in [5.74, 6) is 1.23. The molecule has 0 radical (unpaired) electrons. The number of thioether (sulfide) groups is 1. The van der Waals surface area contributed by atoms with Crippen LogP contribution in [0.5, 0.6) is 0 Å². The lowest BCUT2D eigenvalue weighted by molar-refractivity contribution is 0.204. The van der Waals surface area contributed by atoms with E-state index in [9.17, 15) is 13.5 Å². The average molecular weight is 348 g/mol. The van der Waals surface area contributed by atoms with Crippen molar-refractivity contribution < 1.29 is 13.5 Å². The van der Waals surface area contributed by atoms with Crippen LogP contribution in [0.15, 0.2) is 63.9 Å². The molecule has 2 aromatic carbocycles. The molecular formula is C16H16N2O3S2. The Morgan fingerprint density at radius 3 is 2.57 bits per heavy atom. The van der Waals surface area contributed by atoms with Crippen molar-refractivity contribution in [2.75, 3.05) is 16.8 Å². The van der Waals surface area contributed by atoms with Gasteiger partial charge in [-0.15, -0.1) is 4.40 Å². The monoisotopic (exact) mass is 348 g/mol. The summed E-state index contributed by atoms with van der Waals surface area (Å²) in [7, 11) is -3.64. The number of sulfonamides is 1. The molecule has 1 aliphatic heterocycles. The number of para-hydroxylation sites is 1. The lowest BCUT2D eigenvalue weighted by atomic mass is 10.1. The van der Waals surface area contributed by atoms with Gasteiger partial charge in [-0.05, 0) is 17.7 Å². The Hall–Kier alpha value is -1.83. The van der Waals surface area contributed by atoms with E-state index in [1.165, 1.54) is 17.8 Å². The third kappa shape index (κ3) is 3.74. The number of hydrogen-bond acceptors (Lipinski definition) is 5. The molecule has 1 heterocycles. The first-order valence-corrected chi connectivity index (χ1v) is 9.66. The van der Waals surface area contributed by atoms with Crippen LogP contribution in [0.1, 0.15) is 11.7 Å². The third-order valence-corrected chi connectivity index (χ3v) is 5.77. The lowest BCUT2D eigenvalue weighted by Crippen LogP contribution is -2.23. The predicted molar refractivity (Wildman–Crippen MR) is 93.4 cm³/mol. The van der Waals surface area contributed by atoms with E-state index in [2.05, 4.69) is 9.71 Å². The quantitative estimate of drug-likeness (QED) is 0.868. The zero-order valence-corrected chi connectivity index (χ0v) is 13.8. The Kier molecular flexibility index (Phi) is 4.70. The van der Waals surface area contributed by atoms with Crippen LogP contribution in [-0.4, -0.2) is 30.9 Å². The summed E-state index contributed by atoms with van der Waals surface area (Å²) in [6, 6.07) is 16.1. The Balaban J connectivity index is 1.63. The molecule has 23 heavy (non-hydrogen) atoms. The fourth-order valence-electron chi connectivity index (χ4n) is 2.27. The van der Waals surface area contributed by atoms with Gasteiger partial charge in [0, 0.05) is 5.75 Å². The molecule has 7 heteroatoms. The Morgan fingerprint density at radius 1 is 1.09 bits per heavy atom. The van der Waals surface area contributed by atoms with Crippen molar-refractivity contribution >= 4 is 33.3 Å². The smallest absolute Gasteiger partial charge is 0.286 e. The molecule has 3 rings (SSSR count). The minimum absolute atomic E-state index is 0.193. The maximum atomic E-state index is 12.1. The number of hydrogen-bond donors (Lipinski definition) is 2. The maximum absolute atomic E-state index is 12.1. The van der Waals surface area contributed by atoms with E-state index >= 15 is 0 Å². The van der Waals surface area contributed by atoms with Gasteiger partial charge in [0.25, 0.3) is 10.0 Å². The van der Waals surface area contributed by atoms with Crippen LogP contribution in [0.2, 0.25) is 0 Å². The molecule has 2 aromatic rings. The first-order valence-electron chi connectivity index (χ1n) is 7.07. The highest BCUT2D eigenvalue weighted by atomic mass is 32.2. The Labute approximate surface area is 139 Å². The zero-order chi connectivity index (χ0) is 16.3. The molecule has 0 aromatic heterocycles. The minimum atomic E-state index is -3.64. The molecule has 1 atom stereocenters. The van der Waals surface area contributed by atoms with Crippen LogP contribution in [-0.2, 0) is 10.0 Å². The number of benzene rings is 2. The molecule has 2 N–H and O–H groups in total. The van der Waals surface area contributed by atoms with Crippen molar-refractivity contribution in [3.63, 3.8) is 0 Å². The largest absolute Gasteiger partial charge is 0.388 e. The highest BCUT2D eigenvalue weighted by molar-refractivity contribution is 8.00. The highest BCUT2D eigenvalue weighted by Crippen LogP contribution is 2.27. The summed E-state index contributed by atoms with van der Waals surface area (Å²) < 4.78 is 28.0. The molecule has 0 fully saturated rings. The number of nitrogens with one attached hydrogen (secondary N) is 1. The van der Waals surface area contributed by atoms with Crippen molar-refractivity contribution in [3.05, 3.63) is 60.2 Å². The maximum Gasteiger partial charge on any atom is 0.286 e. The summed E-state index contributed by atoms with van der Waals surface area (Å²) in [4.78, 5) is 0.193. The molecular weight excluding hydrogens is 332 g/mol. The van der Waals surface area contributed by atoms with Gasteiger partial charge < -0.3 is 10.4 Å². The van der Waals surface area contributed by atoms with Gasteiger partial charge in [-0.2, -0.15) is 20.2 Å².